The summed E-state index contributed by atoms with van der Waals surface area (Å²) in [6.45, 7) is 4.03. The van der Waals surface area contributed by atoms with Crippen molar-refractivity contribution in [3.8, 4) is 11.5 Å². The topological polar surface area (TPSA) is 129 Å². The number of rotatable bonds is 15. The van der Waals surface area contributed by atoms with Crippen molar-refractivity contribution in [1.82, 2.24) is 4.98 Å². The molecule has 4 atom stereocenters. The van der Waals surface area contributed by atoms with Crippen molar-refractivity contribution in [3.63, 3.8) is 0 Å². The lowest BCUT2D eigenvalue weighted by molar-refractivity contribution is -0.169. The van der Waals surface area contributed by atoms with E-state index in [2.05, 4.69) is 4.98 Å². The second-order valence-corrected chi connectivity index (χ2v) is 11.3. The van der Waals surface area contributed by atoms with Gasteiger partial charge in [-0.1, -0.05) is 12.1 Å². The average molecular weight is 632 g/mol. The number of benzene rings is 1. The molecule has 1 saturated heterocycles. The highest BCUT2D eigenvalue weighted by molar-refractivity contribution is 5.99. The van der Waals surface area contributed by atoms with Crippen molar-refractivity contribution in [2.75, 3.05) is 46.9 Å². The first-order valence-corrected chi connectivity index (χ1v) is 15.4. The summed E-state index contributed by atoms with van der Waals surface area (Å²) in [5.41, 5.74) is 0.867. The SMILES string of the molecule is CCOCC(=O)OCOc1c(OC)ccnc1C(=O)C[C@H]1COCC[C@H](Cc2ccc(F)cc2)[C@@H](OCC2CC2)[C@H](C)OC1=O. The van der Waals surface area contributed by atoms with Gasteiger partial charge in [0.05, 0.1) is 25.7 Å². The van der Waals surface area contributed by atoms with Crippen molar-refractivity contribution in [2.24, 2.45) is 17.8 Å². The van der Waals surface area contributed by atoms with Crippen LogP contribution in [0.3, 0.4) is 0 Å². The Morgan fingerprint density at radius 3 is 2.60 bits per heavy atom. The number of Topliss-reactive ketones (excluding diaryl/α,β-unsaturated/α-hetero) is 1. The van der Waals surface area contributed by atoms with Crippen LogP contribution in [0.4, 0.5) is 4.39 Å². The van der Waals surface area contributed by atoms with Gasteiger partial charge in [-0.05, 0) is 69.1 Å². The third-order valence-electron chi connectivity index (χ3n) is 7.78. The third-order valence-corrected chi connectivity index (χ3v) is 7.78. The van der Waals surface area contributed by atoms with E-state index < -0.39 is 42.6 Å². The normalized spacial score (nSPS) is 22.3. The van der Waals surface area contributed by atoms with Crippen LogP contribution >= 0.6 is 0 Å². The zero-order valence-electron chi connectivity index (χ0n) is 26.0. The number of cyclic esters (lactones) is 1. The molecule has 2 aromatic rings. The van der Waals surface area contributed by atoms with E-state index in [1.54, 1.807) is 26.0 Å². The molecule has 0 unspecified atom stereocenters. The Balaban J connectivity index is 1.45. The molecule has 1 aliphatic heterocycles. The van der Waals surface area contributed by atoms with Crippen LogP contribution in [0.5, 0.6) is 11.5 Å². The van der Waals surface area contributed by atoms with Crippen molar-refractivity contribution in [1.29, 1.82) is 0 Å². The third kappa shape index (κ3) is 10.5. The summed E-state index contributed by atoms with van der Waals surface area (Å²) in [5.74, 6) is -2.31. The maximum atomic E-state index is 13.5. The number of aromatic nitrogens is 1. The lowest BCUT2D eigenvalue weighted by Crippen LogP contribution is -2.42. The Morgan fingerprint density at radius 1 is 1.11 bits per heavy atom. The van der Waals surface area contributed by atoms with Crippen molar-refractivity contribution < 1.29 is 51.9 Å². The molecule has 0 spiro atoms. The van der Waals surface area contributed by atoms with Crippen LogP contribution < -0.4 is 9.47 Å². The molecule has 2 aliphatic rings. The van der Waals surface area contributed by atoms with Crippen LogP contribution in [-0.2, 0) is 39.7 Å². The zero-order valence-corrected chi connectivity index (χ0v) is 26.0. The van der Waals surface area contributed by atoms with E-state index in [1.807, 2.05) is 0 Å². The maximum Gasteiger partial charge on any atom is 0.334 e. The molecule has 0 radical (unpaired) electrons. The Labute approximate surface area is 262 Å². The van der Waals surface area contributed by atoms with E-state index in [-0.39, 0.29) is 48.6 Å². The van der Waals surface area contributed by atoms with Crippen molar-refractivity contribution in [2.45, 2.75) is 58.2 Å². The molecule has 2 heterocycles. The number of hydrogen-bond acceptors (Lipinski definition) is 11. The van der Waals surface area contributed by atoms with Gasteiger partial charge in [-0.15, -0.1) is 0 Å². The molecule has 0 bridgehead atoms. The van der Waals surface area contributed by atoms with Gasteiger partial charge in [0.25, 0.3) is 0 Å². The van der Waals surface area contributed by atoms with E-state index in [1.165, 1.54) is 31.5 Å². The van der Waals surface area contributed by atoms with Crippen LogP contribution in [0.2, 0.25) is 0 Å². The molecule has 12 heteroatoms. The molecule has 1 saturated carbocycles. The van der Waals surface area contributed by atoms with E-state index in [4.69, 9.17) is 33.2 Å². The van der Waals surface area contributed by atoms with Gasteiger partial charge >= 0.3 is 11.9 Å². The summed E-state index contributed by atoms with van der Waals surface area (Å²) in [6.07, 6.45) is 3.54. The molecule has 1 aromatic carbocycles. The first kappa shape index (κ1) is 34.3. The quantitative estimate of drug-likeness (QED) is 0.158. The van der Waals surface area contributed by atoms with Crippen LogP contribution in [0, 0.1) is 23.6 Å². The van der Waals surface area contributed by atoms with E-state index in [0.717, 1.165) is 18.4 Å². The molecule has 45 heavy (non-hydrogen) atoms. The summed E-state index contributed by atoms with van der Waals surface area (Å²) >= 11 is 0. The molecular weight excluding hydrogens is 589 g/mol. The first-order chi connectivity index (χ1) is 21.8. The largest absolute Gasteiger partial charge is 0.493 e. The number of pyridine rings is 1. The summed E-state index contributed by atoms with van der Waals surface area (Å²) < 4.78 is 52.7. The lowest BCUT2D eigenvalue weighted by Gasteiger charge is -2.34. The highest BCUT2D eigenvalue weighted by atomic mass is 19.1. The number of ketones is 1. The molecule has 1 aliphatic carbocycles. The molecule has 0 amide bonds. The second kappa shape index (κ2) is 17.2. The van der Waals surface area contributed by atoms with E-state index in [0.29, 0.717) is 38.6 Å². The Kier molecular flexibility index (Phi) is 13.1. The van der Waals surface area contributed by atoms with Gasteiger partial charge < -0.3 is 33.2 Å². The Bertz CT molecular complexity index is 1270. The number of hydrogen-bond donors (Lipinski definition) is 0. The molecule has 2 fully saturated rings. The number of ether oxygens (including phenoxy) is 7. The molecular formula is C33H42FNO10. The average Bonchev–Trinajstić information content (AvgIpc) is 3.86. The number of carbonyl (C=O) groups excluding carboxylic acids is 3. The standard InChI is InChI=1S/C33H42FNO10/c1-4-40-19-29(37)43-20-44-32-28(39-3)11-13-35-30(32)27(36)16-25-18-41-14-12-24(15-22-7-9-26(34)10-8-22)31(21(2)45-33(25)38)42-17-23-5-6-23/h7-11,13,21,23-25,31H,4-6,12,14-20H2,1-3H3/t21-,24+,25-,31-/m0/s1. The zero-order chi connectivity index (χ0) is 32.2. The first-order valence-electron chi connectivity index (χ1n) is 15.4. The highest BCUT2D eigenvalue weighted by Crippen LogP contribution is 2.33. The maximum absolute atomic E-state index is 13.5. The minimum atomic E-state index is -0.914. The fourth-order valence-electron chi connectivity index (χ4n) is 5.14. The number of esters is 2. The van der Waals surface area contributed by atoms with Crippen molar-refractivity contribution in [3.05, 3.63) is 53.6 Å². The predicted octanol–water partition coefficient (Wildman–Crippen LogP) is 4.34. The molecule has 1 aromatic heterocycles. The van der Waals surface area contributed by atoms with Gasteiger partial charge in [-0.2, -0.15) is 0 Å². The van der Waals surface area contributed by atoms with Crippen LogP contribution in [0.15, 0.2) is 36.5 Å². The Hall–Kier alpha value is -3.61. The highest BCUT2D eigenvalue weighted by Gasteiger charge is 2.36. The van der Waals surface area contributed by atoms with E-state index in [9.17, 15) is 18.8 Å². The number of methoxy groups -OCH3 is 1. The number of nitrogens with zero attached hydrogens (tertiary/aromatic N) is 1. The van der Waals surface area contributed by atoms with Crippen molar-refractivity contribution >= 4 is 17.7 Å². The predicted molar refractivity (Wildman–Crippen MR) is 158 cm³/mol. The fourth-order valence-corrected chi connectivity index (χ4v) is 5.14. The van der Waals surface area contributed by atoms with E-state index >= 15 is 0 Å². The van der Waals surface area contributed by atoms with Gasteiger partial charge in [0.15, 0.2) is 23.0 Å². The number of carbonyl (C=O) groups is 3. The van der Waals surface area contributed by atoms with Crippen LogP contribution in [-0.4, -0.2) is 81.9 Å². The van der Waals surface area contributed by atoms with Gasteiger partial charge in [0.2, 0.25) is 6.79 Å². The molecule has 246 valence electrons. The summed E-state index contributed by atoms with van der Waals surface area (Å²) in [5, 5.41) is 0. The minimum absolute atomic E-state index is 0.0195. The fraction of sp³-hybridized carbons (Fsp3) is 0.576. The van der Waals surface area contributed by atoms with Gasteiger partial charge in [0, 0.05) is 38.5 Å². The second-order valence-electron chi connectivity index (χ2n) is 11.3. The summed E-state index contributed by atoms with van der Waals surface area (Å²) in [7, 11) is 1.40. The van der Waals surface area contributed by atoms with Gasteiger partial charge in [-0.3, -0.25) is 9.59 Å². The van der Waals surface area contributed by atoms with Gasteiger partial charge in [0.1, 0.15) is 18.5 Å². The minimum Gasteiger partial charge on any atom is -0.493 e. The number of halogens is 1. The van der Waals surface area contributed by atoms with Crippen LogP contribution in [0.1, 0.15) is 55.6 Å². The molecule has 11 nitrogen and oxygen atoms in total. The van der Waals surface area contributed by atoms with Crippen LogP contribution in [0.25, 0.3) is 0 Å². The lowest BCUT2D eigenvalue weighted by atomic mass is 9.88. The molecule has 0 N–H and O–H groups in total. The monoisotopic (exact) mass is 631 g/mol. The smallest absolute Gasteiger partial charge is 0.334 e. The molecule has 4 rings (SSSR count). The summed E-state index contributed by atoms with van der Waals surface area (Å²) in [6, 6.07) is 7.86. The summed E-state index contributed by atoms with van der Waals surface area (Å²) in [4.78, 5) is 42.9. The Morgan fingerprint density at radius 2 is 1.89 bits per heavy atom. The van der Waals surface area contributed by atoms with Gasteiger partial charge in [-0.25, -0.2) is 14.2 Å².